The second-order valence-corrected chi connectivity index (χ2v) is 29.2. The van der Waals surface area contributed by atoms with E-state index in [9.17, 15) is 8.42 Å². The molecular weight excluding hydrogens is 1010 g/mol. The number of methoxy groups -OCH3 is 2. The molecule has 5 aromatic carbocycles. The number of nitrogens with zero attached hydrogens (tertiary/aromatic N) is 3. The first-order valence-electron chi connectivity index (χ1n) is 32.5. The lowest BCUT2D eigenvalue weighted by Crippen LogP contribution is -2.44. The molecule has 9 aliphatic rings. The van der Waals surface area contributed by atoms with Crippen LogP contribution in [0.15, 0.2) is 114 Å². The summed E-state index contributed by atoms with van der Waals surface area (Å²) < 4.78 is 34.6. The molecule has 3 heterocycles. The van der Waals surface area contributed by atoms with Crippen molar-refractivity contribution in [3.05, 3.63) is 137 Å². The van der Waals surface area contributed by atoms with Crippen molar-refractivity contribution in [3.8, 4) is 33.8 Å². The summed E-state index contributed by atoms with van der Waals surface area (Å²) in [5.41, 5.74) is 12.2. The second-order valence-electron chi connectivity index (χ2n) is 27.2. The first-order valence-corrected chi connectivity index (χ1v) is 34.3. The number of likely N-dealkylation sites (tertiary alicyclic amines) is 3. The monoisotopic (exact) mass is 1110 g/mol. The summed E-state index contributed by atoms with van der Waals surface area (Å²) in [7, 11) is 0.333. The van der Waals surface area contributed by atoms with Crippen LogP contribution in [-0.4, -0.2) is 101 Å². The molecular formula is C73H97N3O4S. The Morgan fingerprint density at radius 3 is 1.49 bits per heavy atom. The van der Waals surface area contributed by atoms with E-state index in [1.165, 1.54) is 202 Å². The third-order valence-electron chi connectivity index (χ3n) is 22.7. The van der Waals surface area contributed by atoms with Crippen molar-refractivity contribution in [2.45, 2.75) is 183 Å². The maximum absolute atomic E-state index is 11.8. The molecule has 3 aliphatic heterocycles. The minimum Gasteiger partial charge on any atom is -0.497 e. The Bertz CT molecular complexity index is 3010. The fourth-order valence-electron chi connectivity index (χ4n) is 18.3. The lowest BCUT2D eigenvalue weighted by Gasteiger charge is -2.40. The minimum absolute atomic E-state index is 0.359. The van der Waals surface area contributed by atoms with Crippen molar-refractivity contribution in [3.63, 3.8) is 0 Å². The Kier molecular flexibility index (Phi) is 17.9. The average molecular weight is 1110 g/mol. The summed E-state index contributed by atoms with van der Waals surface area (Å²) in [6, 6.07) is 40.9. The van der Waals surface area contributed by atoms with Crippen molar-refractivity contribution in [1.82, 2.24) is 14.7 Å². The molecule has 0 spiro atoms. The van der Waals surface area contributed by atoms with E-state index in [2.05, 4.69) is 113 Å². The number of hydrogen-bond donors (Lipinski definition) is 0. The second kappa shape index (κ2) is 25.4. The van der Waals surface area contributed by atoms with Gasteiger partial charge in [0, 0.05) is 24.4 Å². The van der Waals surface area contributed by atoms with Gasteiger partial charge in [0.1, 0.15) is 11.5 Å². The number of fused-ring (bicyclic) bond motifs is 6. The highest BCUT2D eigenvalue weighted by molar-refractivity contribution is 7.90. The molecule has 81 heavy (non-hydrogen) atoms. The number of sulfone groups is 1. The molecule has 2 unspecified atom stereocenters. The third-order valence-corrected chi connectivity index (χ3v) is 23.8. The SMILES string of the molecule is COc1ccc(-c2ccc(S(C)(=O)=O)cc2)cc1C1CCN([C@H]2C[C@H]3CC[C@H]2C3)CC1.COc1ccc(C2CCN(C3CCC[C@H]4CCC3C4)CC2)c(C)c1.Cc1ccccc1-c1ccccc1C1CCN([C@H]2C[C@H]3CC[C@H]2C3)CC1. The molecule has 5 aromatic rings. The fourth-order valence-corrected chi connectivity index (χ4v) is 19.0. The number of benzene rings is 5. The molecule has 7 nitrogen and oxygen atoms in total. The molecule has 434 valence electrons. The van der Waals surface area contributed by atoms with Crippen molar-refractivity contribution in [1.29, 1.82) is 0 Å². The average Bonchev–Trinajstić information content (AvgIpc) is 4.43. The van der Waals surface area contributed by atoms with Gasteiger partial charge in [0.05, 0.1) is 19.1 Å². The first kappa shape index (κ1) is 57.0. The first-order chi connectivity index (χ1) is 39.5. The Morgan fingerprint density at radius 1 is 0.420 bits per heavy atom. The third kappa shape index (κ3) is 12.8. The van der Waals surface area contributed by atoms with Crippen molar-refractivity contribution >= 4 is 9.84 Å². The molecule has 6 bridgehead atoms. The van der Waals surface area contributed by atoms with Crippen LogP contribution in [0.2, 0.25) is 0 Å². The maximum atomic E-state index is 11.8. The van der Waals surface area contributed by atoms with Crippen LogP contribution in [-0.2, 0) is 9.84 Å². The zero-order chi connectivity index (χ0) is 55.6. The predicted octanol–water partition coefficient (Wildman–Crippen LogP) is 16.3. The zero-order valence-corrected chi connectivity index (χ0v) is 50.9. The highest BCUT2D eigenvalue weighted by Crippen LogP contribution is 2.50. The van der Waals surface area contributed by atoms with Gasteiger partial charge < -0.3 is 24.2 Å². The van der Waals surface area contributed by atoms with E-state index in [0.717, 1.165) is 88.1 Å². The molecule has 0 radical (unpaired) electrons. The molecule has 0 N–H and O–H groups in total. The largest absolute Gasteiger partial charge is 0.497 e. The summed E-state index contributed by atoms with van der Waals surface area (Å²) in [6.07, 6.45) is 29.8. The van der Waals surface area contributed by atoms with Gasteiger partial charge in [0.25, 0.3) is 0 Å². The molecule has 0 aromatic heterocycles. The molecule has 8 heteroatoms. The van der Waals surface area contributed by atoms with Crippen LogP contribution in [0.4, 0.5) is 0 Å². The number of piperidine rings is 3. The molecule has 0 amide bonds. The highest BCUT2D eigenvalue weighted by atomic mass is 32.2. The van der Waals surface area contributed by atoms with Crippen molar-refractivity contribution < 1.29 is 17.9 Å². The minimum atomic E-state index is -3.18. The number of hydrogen-bond acceptors (Lipinski definition) is 7. The van der Waals surface area contributed by atoms with E-state index in [1.807, 2.05) is 12.1 Å². The van der Waals surface area contributed by atoms with Gasteiger partial charge in [-0.3, -0.25) is 0 Å². The van der Waals surface area contributed by atoms with E-state index < -0.39 is 9.84 Å². The molecule has 9 atom stereocenters. The Morgan fingerprint density at radius 2 is 0.938 bits per heavy atom. The highest BCUT2D eigenvalue weighted by Gasteiger charge is 2.45. The van der Waals surface area contributed by atoms with E-state index in [1.54, 1.807) is 37.5 Å². The van der Waals surface area contributed by atoms with Gasteiger partial charge in [-0.2, -0.15) is 0 Å². The van der Waals surface area contributed by atoms with Crippen molar-refractivity contribution in [2.24, 2.45) is 35.5 Å². The summed E-state index contributed by atoms with van der Waals surface area (Å²) in [5, 5.41) is 0. The van der Waals surface area contributed by atoms with Gasteiger partial charge in [-0.25, -0.2) is 8.42 Å². The summed E-state index contributed by atoms with van der Waals surface area (Å²) in [4.78, 5) is 8.86. The number of ether oxygens (including phenoxy) is 2. The van der Waals surface area contributed by atoms with Gasteiger partial charge in [-0.15, -0.1) is 0 Å². The topological polar surface area (TPSA) is 62.3 Å². The molecule has 14 rings (SSSR count). The van der Waals surface area contributed by atoms with Crippen LogP contribution in [0.1, 0.15) is 174 Å². The zero-order valence-electron chi connectivity index (χ0n) is 50.1. The smallest absolute Gasteiger partial charge is 0.175 e. The molecule has 6 saturated carbocycles. The van der Waals surface area contributed by atoms with Gasteiger partial charge in [-0.1, -0.05) is 105 Å². The van der Waals surface area contributed by atoms with E-state index in [-0.39, 0.29) is 0 Å². The van der Waals surface area contributed by atoms with Crippen LogP contribution >= 0.6 is 0 Å². The van der Waals surface area contributed by atoms with Gasteiger partial charge in [0.2, 0.25) is 0 Å². The fraction of sp³-hybridized carbons (Fsp3) is 0.589. The van der Waals surface area contributed by atoms with Crippen LogP contribution in [0, 0.1) is 49.4 Å². The van der Waals surface area contributed by atoms with Gasteiger partial charge >= 0.3 is 0 Å². The lowest BCUT2D eigenvalue weighted by atomic mass is 9.82. The quantitative estimate of drug-likeness (QED) is 0.131. The van der Waals surface area contributed by atoms with Crippen molar-refractivity contribution in [2.75, 3.05) is 59.7 Å². The number of aryl methyl sites for hydroxylation is 2. The Hall–Kier alpha value is -4.47. The van der Waals surface area contributed by atoms with Crippen LogP contribution < -0.4 is 9.47 Å². The Balaban J connectivity index is 0.000000122. The summed E-state index contributed by atoms with van der Waals surface area (Å²) >= 11 is 0. The van der Waals surface area contributed by atoms with Crippen LogP contribution in [0.3, 0.4) is 0 Å². The summed E-state index contributed by atoms with van der Waals surface area (Å²) in [5.74, 6) is 10.1. The standard InChI is InChI=1S/C26H33NO3S.C25H31N.C22H33NO/c1-30-26-10-7-21(19-5-8-23(9-6-19)31(2,28)29)17-24(26)20-11-13-27(14-12-20)25-16-18-3-4-22(25)15-18;1-18-6-2-3-7-22(18)24-9-5-4-8-23(24)20-12-14-26(15-13-20)25-17-19-10-11-21(25)16-19;1-16-14-20(24-2)8-9-21(16)18-10-12-23(13-11-18)22-5-3-4-17-6-7-19(22)15-17/h5-10,17-18,20,22,25H,3-4,11-16H2,1-2H3;2-9,19-21,25H,10-17H2,1H3;8-9,14,17-19,22H,3-7,10-13,15H2,1-2H3/t18-,22-,25-;19-,21-,25-;17-,19?,22?/m000/s1. The normalized spacial score (nSPS) is 29.2. The maximum Gasteiger partial charge on any atom is 0.175 e. The van der Waals surface area contributed by atoms with Crippen LogP contribution in [0.5, 0.6) is 11.5 Å². The lowest BCUT2D eigenvalue weighted by molar-refractivity contribution is 0.104. The van der Waals surface area contributed by atoms with E-state index >= 15 is 0 Å². The van der Waals surface area contributed by atoms with E-state index in [0.29, 0.717) is 10.8 Å². The van der Waals surface area contributed by atoms with Crippen LogP contribution in [0.25, 0.3) is 22.3 Å². The van der Waals surface area contributed by atoms with Gasteiger partial charge in [-0.05, 0) is 289 Å². The van der Waals surface area contributed by atoms with E-state index in [4.69, 9.17) is 9.47 Å². The molecule has 3 saturated heterocycles. The predicted molar refractivity (Wildman–Crippen MR) is 333 cm³/mol. The summed E-state index contributed by atoms with van der Waals surface area (Å²) in [6.45, 7) is 12.1. The Labute approximate surface area is 488 Å². The molecule has 9 fully saturated rings. The molecule has 6 aliphatic carbocycles. The van der Waals surface area contributed by atoms with Gasteiger partial charge in [0.15, 0.2) is 9.84 Å². The number of rotatable bonds is 11.